The fourth-order valence-electron chi connectivity index (χ4n) is 1.15. The first-order valence-corrected chi connectivity index (χ1v) is 5.24. The molecule has 0 amide bonds. The molecule has 0 aliphatic rings. The Bertz CT molecular complexity index is 310. The number of carbonyl (C=O) groups is 2. The van der Waals surface area contributed by atoms with Crippen molar-refractivity contribution >= 4 is 11.9 Å². The first kappa shape index (κ1) is 14.9. The van der Waals surface area contributed by atoms with E-state index in [4.69, 9.17) is 10.5 Å². The second-order valence-electron chi connectivity index (χ2n) is 3.23. The minimum Gasteiger partial charge on any atom is -0.450 e. The fraction of sp³-hybridized carbons (Fsp3) is 0.636. The van der Waals surface area contributed by atoms with Gasteiger partial charge in [-0.2, -0.15) is 10.5 Å². The van der Waals surface area contributed by atoms with E-state index >= 15 is 0 Å². The lowest BCUT2D eigenvalue weighted by molar-refractivity contribution is -0.160. The predicted molar refractivity (Wildman–Crippen MR) is 56.2 cm³/mol. The van der Waals surface area contributed by atoms with Gasteiger partial charge in [0.05, 0.1) is 0 Å². The number of unbranched alkanes of at least 4 members (excludes halogenated alkanes) is 1. The van der Waals surface area contributed by atoms with Gasteiger partial charge in [0.2, 0.25) is 0 Å². The summed E-state index contributed by atoms with van der Waals surface area (Å²) in [7, 11) is 0. The zero-order chi connectivity index (χ0) is 13.1. The summed E-state index contributed by atoms with van der Waals surface area (Å²) in [6, 6.07) is 3.29. The van der Waals surface area contributed by atoms with E-state index in [2.05, 4.69) is 9.47 Å². The highest BCUT2D eigenvalue weighted by Crippen LogP contribution is 2.12. The van der Waals surface area contributed by atoms with Crippen LogP contribution in [0.5, 0.6) is 0 Å². The molecule has 0 heterocycles. The average Bonchev–Trinajstić information content (AvgIpc) is 2.34. The molecule has 0 aromatic carbocycles. The SMILES string of the molecule is CCCCC(C(=O)OCC#N)C(=O)OCC#N. The summed E-state index contributed by atoms with van der Waals surface area (Å²) in [5.74, 6) is -2.59. The largest absolute Gasteiger partial charge is 0.450 e. The third kappa shape index (κ3) is 6.16. The van der Waals surface area contributed by atoms with Crippen LogP contribution in [0.15, 0.2) is 0 Å². The molecule has 0 radical (unpaired) electrons. The predicted octanol–water partition coefficient (Wildman–Crippen LogP) is 0.926. The Labute approximate surface area is 99.7 Å². The van der Waals surface area contributed by atoms with E-state index in [1.165, 1.54) is 0 Å². The number of nitrogens with zero attached hydrogens (tertiary/aromatic N) is 2. The van der Waals surface area contributed by atoms with Gasteiger partial charge in [0.25, 0.3) is 0 Å². The summed E-state index contributed by atoms with van der Waals surface area (Å²) in [6.07, 6.45) is 1.77. The maximum Gasteiger partial charge on any atom is 0.321 e. The third-order valence-corrected chi connectivity index (χ3v) is 1.97. The van der Waals surface area contributed by atoms with Gasteiger partial charge in [-0.15, -0.1) is 0 Å². The smallest absolute Gasteiger partial charge is 0.321 e. The zero-order valence-electron chi connectivity index (χ0n) is 9.64. The summed E-state index contributed by atoms with van der Waals surface area (Å²) < 4.78 is 9.14. The van der Waals surface area contributed by atoms with Crippen LogP contribution < -0.4 is 0 Å². The Kier molecular flexibility index (Phi) is 8.05. The standard InChI is InChI=1S/C11H14N2O4/c1-2-3-4-9(10(14)16-7-5-12)11(15)17-8-6-13/h9H,2-4,7-8H2,1H3. The maximum absolute atomic E-state index is 11.5. The molecule has 0 rings (SSSR count). The van der Waals surface area contributed by atoms with E-state index in [1.807, 2.05) is 6.92 Å². The molecule has 92 valence electrons. The van der Waals surface area contributed by atoms with Crippen LogP contribution in [0.3, 0.4) is 0 Å². The highest BCUT2D eigenvalue weighted by atomic mass is 16.6. The van der Waals surface area contributed by atoms with Crippen molar-refractivity contribution in [3.63, 3.8) is 0 Å². The van der Waals surface area contributed by atoms with Gasteiger partial charge in [-0.1, -0.05) is 19.8 Å². The van der Waals surface area contributed by atoms with Crippen LogP contribution in [-0.4, -0.2) is 25.2 Å². The number of nitriles is 2. The lowest BCUT2D eigenvalue weighted by Crippen LogP contribution is -2.28. The van der Waals surface area contributed by atoms with Crippen molar-refractivity contribution in [1.82, 2.24) is 0 Å². The molecule has 6 heteroatoms. The first-order valence-electron chi connectivity index (χ1n) is 5.24. The topological polar surface area (TPSA) is 100 Å². The van der Waals surface area contributed by atoms with Gasteiger partial charge in [-0.3, -0.25) is 9.59 Å². The van der Waals surface area contributed by atoms with E-state index in [-0.39, 0.29) is 0 Å². The van der Waals surface area contributed by atoms with E-state index in [0.717, 1.165) is 6.42 Å². The summed E-state index contributed by atoms with van der Waals surface area (Å²) in [5, 5.41) is 16.5. The fourth-order valence-corrected chi connectivity index (χ4v) is 1.15. The van der Waals surface area contributed by atoms with Crippen LogP contribution in [-0.2, 0) is 19.1 Å². The van der Waals surface area contributed by atoms with Gasteiger partial charge in [-0.05, 0) is 6.42 Å². The molecule has 0 unspecified atom stereocenters. The first-order chi connectivity index (χ1) is 8.17. The minimum absolute atomic E-state index is 0.297. The van der Waals surface area contributed by atoms with Crippen molar-refractivity contribution < 1.29 is 19.1 Å². The highest BCUT2D eigenvalue weighted by Gasteiger charge is 2.29. The Morgan fingerprint density at radius 1 is 1.12 bits per heavy atom. The van der Waals surface area contributed by atoms with Crippen LogP contribution >= 0.6 is 0 Å². The molecule has 0 saturated carbocycles. The molecule has 0 aromatic rings. The molecular formula is C11H14N2O4. The van der Waals surface area contributed by atoms with E-state index in [1.54, 1.807) is 12.1 Å². The Balaban J connectivity index is 4.41. The number of rotatable bonds is 7. The molecule has 0 saturated heterocycles. The van der Waals surface area contributed by atoms with Crippen molar-refractivity contribution in [3.05, 3.63) is 0 Å². The van der Waals surface area contributed by atoms with E-state index in [9.17, 15) is 9.59 Å². The number of ether oxygens (including phenoxy) is 2. The lowest BCUT2D eigenvalue weighted by atomic mass is 10.0. The summed E-state index contributed by atoms with van der Waals surface area (Å²) in [6.45, 7) is 1.12. The second kappa shape index (κ2) is 9.17. The summed E-state index contributed by atoms with van der Waals surface area (Å²) in [4.78, 5) is 22.9. The molecule has 17 heavy (non-hydrogen) atoms. The Hall–Kier alpha value is -2.08. The summed E-state index contributed by atoms with van der Waals surface area (Å²) >= 11 is 0. The van der Waals surface area contributed by atoms with E-state index in [0.29, 0.717) is 12.8 Å². The third-order valence-electron chi connectivity index (χ3n) is 1.97. The minimum atomic E-state index is -1.04. The van der Waals surface area contributed by atoms with Gasteiger partial charge in [0.1, 0.15) is 12.1 Å². The monoisotopic (exact) mass is 238 g/mol. The maximum atomic E-state index is 11.5. The molecule has 0 aliphatic carbocycles. The van der Waals surface area contributed by atoms with Gasteiger partial charge in [-0.25, -0.2) is 0 Å². The van der Waals surface area contributed by atoms with Crippen molar-refractivity contribution in [2.45, 2.75) is 26.2 Å². The van der Waals surface area contributed by atoms with Gasteiger partial charge >= 0.3 is 11.9 Å². The molecular weight excluding hydrogens is 224 g/mol. The summed E-state index contributed by atoms with van der Waals surface area (Å²) in [5.41, 5.74) is 0. The molecule has 0 fully saturated rings. The van der Waals surface area contributed by atoms with Crippen LogP contribution in [0.25, 0.3) is 0 Å². The van der Waals surface area contributed by atoms with Gasteiger partial charge < -0.3 is 9.47 Å². The van der Waals surface area contributed by atoms with Crippen LogP contribution in [0.2, 0.25) is 0 Å². The molecule has 0 aromatic heterocycles. The Morgan fingerprint density at radius 3 is 1.94 bits per heavy atom. The number of carbonyl (C=O) groups excluding carboxylic acids is 2. The Morgan fingerprint density at radius 2 is 1.59 bits per heavy atom. The van der Waals surface area contributed by atoms with Crippen LogP contribution in [0.1, 0.15) is 26.2 Å². The molecule has 6 nitrogen and oxygen atoms in total. The molecule has 0 atom stereocenters. The van der Waals surface area contributed by atoms with Crippen molar-refractivity contribution in [3.8, 4) is 12.1 Å². The normalized spacial score (nSPS) is 9.18. The van der Waals surface area contributed by atoms with Crippen LogP contribution in [0.4, 0.5) is 0 Å². The molecule has 0 bridgehead atoms. The number of esters is 2. The second-order valence-corrected chi connectivity index (χ2v) is 3.23. The van der Waals surface area contributed by atoms with Gasteiger partial charge in [0, 0.05) is 0 Å². The quantitative estimate of drug-likeness (QED) is 0.483. The molecule has 0 aliphatic heterocycles. The lowest BCUT2D eigenvalue weighted by Gasteiger charge is -2.12. The van der Waals surface area contributed by atoms with Crippen molar-refractivity contribution in [2.75, 3.05) is 13.2 Å². The van der Waals surface area contributed by atoms with Gasteiger partial charge in [0.15, 0.2) is 19.1 Å². The van der Waals surface area contributed by atoms with E-state index < -0.39 is 31.1 Å². The number of hydrogen-bond acceptors (Lipinski definition) is 6. The van der Waals surface area contributed by atoms with Crippen molar-refractivity contribution in [1.29, 1.82) is 10.5 Å². The highest BCUT2D eigenvalue weighted by molar-refractivity contribution is 5.94. The average molecular weight is 238 g/mol. The van der Waals surface area contributed by atoms with Crippen molar-refractivity contribution in [2.24, 2.45) is 5.92 Å². The molecule has 0 N–H and O–H groups in total. The zero-order valence-corrected chi connectivity index (χ0v) is 9.64. The van der Waals surface area contributed by atoms with Crippen LogP contribution in [0, 0.1) is 28.6 Å². The number of hydrogen-bond donors (Lipinski definition) is 0. The molecule has 0 spiro atoms.